The summed E-state index contributed by atoms with van der Waals surface area (Å²) in [7, 11) is 1.67. The van der Waals surface area contributed by atoms with Gasteiger partial charge in [0, 0.05) is 24.8 Å². The molecule has 0 heterocycles. The van der Waals surface area contributed by atoms with Gasteiger partial charge in [-0.2, -0.15) is 0 Å². The molecule has 0 aliphatic rings. The molecule has 4 heteroatoms. The normalized spacial score (nSPS) is 10.8. The molecule has 0 saturated heterocycles. The van der Waals surface area contributed by atoms with Crippen molar-refractivity contribution in [3.63, 3.8) is 0 Å². The van der Waals surface area contributed by atoms with Crippen LogP contribution in [0.3, 0.4) is 0 Å². The smallest absolute Gasteiger partial charge is 0.173 e. The first-order chi connectivity index (χ1) is 9.42. The van der Waals surface area contributed by atoms with E-state index in [1.807, 2.05) is 24.3 Å². The van der Waals surface area contributed by atoms with Crippen LogP contribution in [0.25, 0.3) is 0 Å². The number of methoxy groups -OCH3 is 1. The van der Waals surface area contributed by atoms with Crippen molar-refractivity contribution in [2.24, 2.45) is 11.8 Å². The van der Waals surface area contributed by atoms with Gasteiger partial charge in [-0.25, -0.2) is 0 Å². The Morgan fingerprint density at radius 2 is 1.80 bits per heavy atom. The van der Waals surface area contributed by atoms with E-state index in [-0.39, 0.29) is 0 Å². The highest BCUT2D eigenvalue weighted by molar-refractivity contribution is 7.80. The lowest BCUT2D eigenvalue weighted by Crippen LogP contribution is -2.39. The largest absolute Gasteiger partial charge is 0.497 e. The zero-order valence-corrected chi connectivity index (χ0v) is 14.0. The molecule has 0 spiro atoms. The lowest BCUT2D eigenvalue weighted by molar-refractivity contribution is 0.332. The van der Waals surface area contributed by atoms with Gasteiger partial charge in [-0.3, -0.25) is 0 Å². The topological polar surface area (TPSA) is 24.5 Å². The third-order valence-corrected chi connectivity index (χ3v) is 3.14. The van der Waals surface area contributed by atoms with Crippen molar-refractivity contribution in [2.45, 2.75) is 27.7 Å². The third kappa shape index (κ3) is 5.78. The maximum absolute atomic E-state index is 5.55. The van der Waals surface area contributed by atoms with Crippen molar-refractivity contribution >= 4 is 23.0 Å². The van der Waals surface area contributed by atoms with E-state index in [1.54, 1.807) is 7.11 Å². The summed E-state index contributed by atoms with van der Waals surface area (Å²) in [6.45, 7) is 10.8. The zero-order chi connectivity index (χ0) is 15.1. The van der Waals surface area contributed by atoms with Gasteiger partial charge in [0.2, 0.25) is 0 Å². The van der Waals surface area contributed by atoms with Crippen LogP contribution < -0.4 is 10.1 Å². The second-order valence-electron chi connectivity index (χ2n) is 5.85. The lowest BCUT2D eigenvalue weighted by Gasteiger charge is -2.29. The highest BCUT2D eigenvalue weighted by atomic mass is 32.1. The average Bonchev–Trinajstić information content (AvgIpc) is 2.37. The van der Waals surface area contributed by atoms with Crippen molar-refractivity contribution in [3.8, 4) is 5.75 Å². The van der Waals surface area contributed by atoms with E-state index in [0.29, 0.717) is 11.8 Å². The zero-order valence-electron chi connectivity index (χ0n) is 13.1. The summed E-state index contributed by atoms with van der Waals surface area (Å²) >= 11 is 5.55. The second-order valence-corrected chi connectivity index (χ2v) is 6.24. The van der Waals surface area contributed by atoms with Crippen molar-refractivity contribution < 1.29 is 4.74 Å². The van der Waals surface area contributed by atoms with E-state index < -0.39 is 0 Å². The first kappa shape index (κ1) is 16.8. The Morgan fingerprint density at radius 1 is 1.20 bits per heavy atom. The van der Waals surface area contributed by atoms with Crippen LogP contribution in [0.15, 0.2) is 24.3 Å². The van der Waals surface area contributed by atoms with Crippen LogP contribution in [-0.2, 0) is 0 Å². The minimum atomic E-state index is 0.582. The Kier molecular flexibility index (Phi) is 6.79. The highest BCUT2D eigenvalue weighted by Crippen LogP contribution is 2.17. The molecule has 112 valence electrons. The van der Waals surface area contributed by atoms with Crippen LogP contribution in [0.2, 0.25) is 0 Å². The van der Waals surface area contributed by atoms with E-state index in [4.69, 9.17) is 17.0 Å². The summed E-state index contributed by atoms with van der Waals surface area (Å²) in [5.41, 5.74) is 0.965. The van der Waals surface area contributed by atoms with Crippen LogP contribution in [0.1, 0.15) is 27.7 Å². The van der Waals surface area contributed by atoms with E-state index in [0.717, 1.165) is 29.6 Å². The van der Waals surface area contributed by atoms with Gasteiger partial charge in [0.05, 0.1) is 7.11 Å². The fraction of sp³-hybridized carbons (Fsp3) is 0.562. The number of nitrogens with one attached hydrogen (secondary N) is 1. The molecule has 0 fully saturated rings. The number of anilines is 1. The number of nitrogens with zero attached hydrogens (tertiary/aromatic N) is 1. The first-order valence-electron chi connectivity index (χ1n) is 7.12. The standard InChI is InChI=1S/C16H26N2OS/c1-12(2)10-18(11-13(3)4)16(20)17-14-7-6-8-15(9-14)19-5/h6-9,12-13H,10-11H2,1-5H3,(H,17,20). The number of hydrogen-bond acceptors (Lipinski definition) is 2. The quantitative estimate of drug-likeness (QED) is 0.801. The predicted molar refractivity (Wildman–Crippen MR) is 90.5 cm³/mol. The van der Waals surface area contributed by atoms with Crippen LogP contribution in [-0.4, -0.2) is 30.2 Å². The van der Waals surface area contributed by atoms with Gasteiger partial charge in [-0.1, -0.05) is 33.8 Å². The molecule has 1 N–H and O–H groups in total. The van der Waals surface area contributed by atoms with E-state index in [1.165, 1.54) is 0 Å². The molecule has 0 unspecified atom stereocenters. The molecule has 0 aromatic heterocycles. The fourth-order valence-electron chi connectivity index (χ4n) is 2.03. The lowest BCUT2D eigenvalue weighted by atomic mass is 10.1. The van der Waals surface area contributed by atoms with E-state index in [9.17, 15) is 0 Å². The average molecular weight is 294 g/mol. The second kappa shape index (κ2) is 8.10. The third-order valence-electron chi connectivity index (χ3n) is 2.78. The Bertz CT molecular complexity index is 422. The van der Waals surface area contributed by atoms with Crippen molar-refractivity contribution in [1.29, 1.82) is 0 Å². The van der Waals surface area contributed by atoms with Gasteiger partial charge in [-0.15, -0.1) is 0 Å². The molecule has 0 atom stereocenters. The van der Waals surface area contributed by atoms with Crippen molar-refractivity contribution in [3.05, 3.63) is 24.3 Å². The molecule has 0 amide bonds. The number of hydrogen-bond donors (Lipinski definition) is 1. The van der Waals surface area contributed by atoms with Crippen LogP contribution >= 0.6 is 12.2 Å². The Labute approximate surface area is 128 Å². The minimum Gasteiger partial charge on any atom is -0.497 e. The summed E-state index contributed by atoms with van der Waals surface area (Å²) in [6.07, 6.45) is 0. The summed E-state index contributed by atoms with van der Waals surface area (Å²) < 4.78 is 5.23. The SMILES string of the molecule is COc1cccc(NC(=S)N(CC(C)C)CC(C)C)c1. The number of ether oxygens (including phenoxy) is 1. The molecule has 20 heavy (non-hydrogen) atoms. The van der Waals surface area contributed by atoms with Crippen LogP contribution in [0.4, 0.5) is 5.69 Å². The Hall–Kier alpha value is -1.29. The molecule has 1 rings (SSSR count). The van der Waals surface area contributed by atoms with E-state index >= 15 is 0 Å². The highest BCUT2D eigenvalue weighted by Gasteiger charge is 2.13. The molecule has 0 aliphatic heterocycles. The molecule has 0 radical (unpaired) electrons. The Balaban J connectivity index is 2.73. The molecule has 0 saturated carbocycles. The van der Waals surface area contributed by atoms with Gasteiger partial charge in [0.15, 0.2) is 5.11 Å². The number of thiocarbonyl (C=S) groups is 1. The molecule has 0 aliphatic carbocycles. The number of rotatable bonds is 6. The summed E-state index contributed by atoms with van der Waals surface area (Å²) in [5, 5.41) is 4.08. The van der Waals surface area contributed by atoms with E-state index in [2.05, 4.69) is 37.9 Å². The summed E-state index contributed by atoms with van der Waals surface area (Å²) in [5.74, 6) is 2.00. The minimum absolute atomic E-state index is 0.582. The van der Waals surface area contributed by atoms with Crippen molar-refractivity contribution in [1.82, 2.24) is 4.90 Å². The Morgan fingerprint density at radius 3 is 2.30 bits per heavy atom. The van der Waals surface area contributed by atoms with Gasteiger partial charge >= 0.3 is 0 Å². The molecular weight excluding hydrogens is 268 g/mol. The van der Waals surface area contributed by atoms with Gasteiger partial charge < -0.3 is 15.0 Å². The molecule has 1 aromatic rings. The summed E-state index contributed by atoms with van der Waals surface area (Å²) in [6, 6.07) is 7.83. The van der Waals surface area contributed by atoms with Gasteiger partial charge in [-0.05, 0) is 36.2 Å². The maximum Gasteiger partial charge on any atom is 0.173 e. The number of benzene rings is 1. The first-order valence-corrected chi connectivity index (χ1v) is 7.53. The molecule has 0 bridgehead atoms. The molecular formula is C16H26N2OS. The van der Waals surface area contributed by atoms with Gasteiger partial charge in [0.25, 0.3) is 0 Å². The predicted octanol–water partition coefficient (Wildman–Crippen LogP) is 4.01. The van der Waals surface area contributed by atoms with Gasteiger partial charge in [0.1, 0.15) is 5.75 Å². The van der Waals surface area contributed by atoms with Crippen molar-refractivity contribution in [2.75, 3.05) is 25.5 Å². The molecule has 3 nitrogen and oxygen atoms in total. The summed E-state index contributed by atoms with van der Waals surface area (Å²) in [4.78, 5) is 2.24. The van der Waals surface area contributed by atoms with Crippen LogP contribution in [0, 0.1) is 11.8 Å². The molecule has 1 aromatic carbocycles. The van der Waals surface area contributed by atoms with Crippen LogP contribution in [0.5, 0.6) is 5.75 Å². The fourth-order valence-corrected chi connectivity index (χ4v) is 2.29. The maximum atomic E-state index is 5.55. The monoisotopic (exact) mass is 294 g/mol.